The van der Waals surface area contributed by atoms with Crippen molar-refractivity contribution in [1.29, 1.82) is 0 Å². The minimum absolute atomic E-state index is 0.000136. The van der Waals surface area contributed by atoms with Crippen molar-refractivity contribution in [3.05, 3.63) is 35.5 Å². The molecule has 8 atom stereocenters. The number of hydrogen-bond acceptors (Lipinski definition) is 5. The van der Waals surface area contributed by atoms with Crippen LogP contribution in [0.1, 0.15) is 27.2 Å². The average molecular weight is 348 g/mol. The second-order valence-electron chi connectivity index (χ2n) is 9.09. The van der Waals surface area contributed by atoms with E-state index in [0.717, 1.165) is 6.42 Å². The molecule has 4 aliphatic carbocycles. The van der Waals surface area contributed by atoms with Gasteiger partial charge in [0, 0.05) is 5.92 Å². The van der Waals surface area contributed by atoms with E-state index < -0.39 is 35.9 Å². The second-order valence-corrected chi connectivity index (χ2v) is 9.09. The van der Waals surface area contributed by atoms with Crippen LogP contribution in [0.25, 0.3) is 0 Å². The molecule has 0 amide bonds. The van der Waals surface area contributed by atoms with Gasteiger partial charge in [0.15, 0.2) is 5.60 Å². The largest absolute Gasteiger partial charge is 0.392 e. The first-order valence-electron chi connectivity index (χ1n) is 9.06. The van der Waals surface area contributed by atoms with E-state index in [1.54, 1.807) is 12.2 Å². The van der Waals surface area contributed by atoms with Crippen LogP contribution in [0.5, 0.6) is 0 Å². The van der Waals surface area contributed by atoms with Gasteiger partial charge in [-0.05, 0) is 46.3 Å². The van der Waals surface area contributed by atoms with E-state index in [0.29, 0.717) is 11.5 Å². The quantitative estimate of drug-likeness (QED) is 0.445. The Morgan fingerprint density at radius 3 is 2.44 bits per heavy atom. The van der Waals surface area contributed by atoms with Gasteiger partial charge in [-0.25, -0.2) is 0 Å². The Kier molecular flexibility index (Phi) is 3.38. The van der Waals surface area contributed by atoms with E-state index in [-0.39, 0.29) is 28.4 Å². The third kappa shape index (κ3) is 1.76. The molecule has 0 aliphatic heterocycles. The summed E-state index contributed by atoms with van der Waals surface area (Å²) in [6, 6.07) is 0. The summed E-state index contributed by atoms with van der Waals surface area (Å²) in [5.74, 6) is 0.0208. The van der Waals surface area contributed by atoms with Gasteiger partial charge >= 0.3 is 0 Å². The van der Waals surface area contributed by atoms with Crippen LogP contribution in [0, 0.1) is 29.1 Å². The highest BCUT2D eigenvalue weighted by molar-refractivity contribution is 5.51. The molecule has 0 aromatic rings. The van der Waals surface area contributed by atoms with Gasteiger partial charge in [-0.1, -0.05) is 39.5 Å². The summed E-state index contributed by atoms with van der Waals surface area (Å²) in [5.41, 5.74) is -2.83. The molecule has 0 bridgehead atoms. The third-order valence-corrected chi connectivity index (χ3v) is 7.65. The Bertz CT molecular complexity index is 707. The zero-order valence-electron chi connectivity index (χ0n) is 15.0. The van der Waals surface area contributed by atoms with Gasteiger partial charge in [0.25, 0.3) is 0 Å². The van der Waals surface area contributed by atoms with Crippen molar-refractivity contribution in [3.63, 3.8) is 0 Å². The molecule has 0 saturated heterocycles. The molecule has 5 nitrogen and oxygen atoms in total. The molecular formula is C20H28O5. The SMILES string of the molecule is C=C1C=C2[C@H](C)C[C@@H]3[C@H]([C@@H]4C=C(CO)[C@@H](O)[C@](O)([C@@H]1O)[C@@]24O)C3(C)C. The van der Waals surface area contributed by atoms with Crippen LogP contribution in [-0.2, 0) is 0 Å². The fraction of sp³-hybridized carbons (Fsp3) is 0.700. The highest BCUT2D eigenvalue weighted by Gasteiger charge is 2.75. The van der Waals surface area contributed by atoms with Gasteiger partial charge in [-0.2, -0.15) is 0 Å². The Morgan fingerprint density at radius 2 is 1.84 bits per heavy atom. The van der Waals surface area contributed by atoms with Gasteiger partial charge in [0.05, 0.1) is 6.61 Å². The highest BCUT2D eigenvalue weighted by Crippen LogP contribution is 2.72. The summed E-state index contributed by atoms with van der Waals surface area (Å²) < 4.78 is 0. The second kappa shape index (κ2) is 4.84. The van der Waals surface area contributed by atoms with Crippen LogP contribution in [0.4, 0.5) is 0 Å². The molecule has 138 valence electrons. The highest BCUT2D eigenvalue weighted by atomic mass is 16.4. The molecule has 0 spiro atoms. The zero-order chi connectivity index (χ0) is 18.5. The molecule has 0 aromatic carbocycles. The number of fused-ring (bicyclic) bond motifs is 2. The Labute approximate surface area is 148 Å². The van der Waals surface area contributed by atoms with E-state index in [1.165, 1.54) is 0 Å². The average Bonchev–Trinajstić information content (AvgIpc) is 3.10. The molecule has 0 aromatic heterocycles. The third-order valence-electron chi connectivity index (χ3n) is 7.65. The molecular weight excluding hydrogens is 320 g/mol. The van der Waals surface area contributed by atoms with Gasteiger partial charge in [0.1, 0.15) is 17.8 Å². The molecule has 5 N–H and O–H groups in total. The van der Waals surface area contributed by atoms with Crippen LogP contribution in [0.15, 0.2) is 35.5 Å². The maximum absolute atomic E-state index is 11.9. The fourth-order valence-electron chi connectivity index (χ4n) is 6.13. The summed E-state index contributed by atoms with van der Waals surface area (Å²) >= 11 is 0. The van der Waals surface area contributed by atoms with E-state index in [1.807, 2.05) is 6.92 Å². The van der Waals surface area contributed by atoms with Crippen LogP contribution >= 0.6 is 0 Å². The van der Waals surface area contributed by atoms with Crippen molar-refractivity contribution in [2.24, 2.45) is 29.1 Å². The normalized spacial score (nSPS) is 53.2. The van der Waals surface area contributed by atoms with Crippen LogP contribution in [0.2, 0.25) is 0 Å². The smallest absolute Gasteiger partial charge is 0.157 e. The molecule has 4 aliphatic rings. The topological polar surface area (TPSA) is 101 Å². The first kappa shape index (κ1) is 17.4. The van der Waals surface area contributed by atoms with Crippen LogP contribution in [-0.4, -0.2) is 55.5 Å². The van der Waals surface area contributed by atoms with Crippen molar-refractivity contribution in [2.75, 3.05) is 6.61 Å². The summed E-state index contributed by atoms with van der Waals surface area (Å²) in [6.45, 7) is 9.72. The monoisotopic (exact) mass is 348 g/mol. The van der Waals surface area contributed by atoms with Crippen molar-refractivity contribution >= 4 is 0 Å². The maximum atomic E-state index is 11.9. The number of aliphatic hydroxyl groups excluding tert-OH is 3. The number of aliphatic hydroxyl groups is 5. The summed E-state index contributed by atoms with van der Waals surface area (Å²) in [7, 11) is 0. The molecule has 25 heavy (non-hydrogen) atoms. The Morgan fingerprint density at radius 1 is 1.20 bits per heavy atom. The molecule has 0 radical (unpaired) electrons. The lowest BCUT2D eigenvalue weighted by Crippen LogP contribution is -2.75. The molecule has 2 fully saturated rings. The minimum Gasteiger partial charge on any atom is -0.392 e. The lowest BCUT2D eigenvalue weighted by molar-refractivity contribution is -0.243. The van der Waals surface area contributed by atoms with Crippen LogP contribution in [0.3, 0.4) is 0 Å². The molecule has 4 rings (SSSR count). The van der Waals surface area contributed by atoms with Gasteiger partial charge in [0.2, 0.25) is 0 Å². The minimum atomic E-state index is -2.21. The predicted octanol–water partition coefficient (Wildman–Crippen LogP) is 0.527. The summed E-state index contributed by atoms with van der Waals surface area (Å²) in [4.78, 5) is 0. The van der Waals surface area contributed by atoms with Crippen molar-refractivity contribution in [3.8, 4) is 0 Å². The van der Waals surface area contributed by atoms with Crippen molar-refractivity contribution in [1.82, 2.24) is 0 Å². The molecule has 0 unspecified atom stereocenters. The molecule has 5 heteroatoms. The van der Waals surface area contributed by atoms with Crippen LogP contribution < -0.4 is 0 Å². The summed E-state index contributed by atoms with van der Waals surface area (Å²) in [5, 5.41) is 54.6. The van der Waals surface area contributed by atoms with E-state index in [9.17, 15) is 25.5 Å². The maximum Gasteiger partial charge on any atom is 0.157 e. The van der Waals surface area contributed by atoms with Gasteiger partial charge in [-0.15, -0.1) is 0 Å². The predicted molar refractivity (Wildman–Crippen MR) is 92.3 cm³/mol. The molecule has 0 heterocycles. The first-order chi connectivity index (χ1) is 11.5. The van der Waals surface area contributed by atoms with E-state index >= 15 is 0 Å². The number of hydrogen-bond donors (Lipinski definition) is 5. The standard InChI is InChI=1S/C20H28O5/c1-9-5-13-15(18(13,3)4)14-7-11(8-21)17(23)20(25)16(22)10(2)6-12(9)19(14,20)24/h6-7,9,13-17,21-25H,2,5,8H2,1,3-4H3/t9-,13-,14+,15-,16-,17-,19-,20-/m1/s1. The van der Waals surface area contributed by atoms with E-state index in [2.05, 4.69) is 20.4 Å². The fourth-order valence-corrected chi connectivity index (χ4v) is 6.13. The van der Waals surface area contributed by atoms with Gasteiger partial charge < -0.3 is 25.5 Å². The van der Waals surface area contributed by atoms with Gasteiger partial charge in [-0.3, -0.25) is 0 Å². The lowest BCUT2D eigenvalue weighted by Gasteiger charge is -2.58. The van der Waals surface area contributed by atoms with Crippen molar-refractivity contribution in [2.45, 2.75) is 50.6 Å². The zero-order valence-corrected chi connectivity index (χ0v) is 15.0. The van der Waals surface area contributed by atoms with E-state index in [4.69, 9.17) is 0 Å². The Hall–Kier alpha value is -0.980. The molecule has 2 saturated carbocycles. The summed E-state index contributed by atoms with van der Waals surface area (Å²) in [6.07, 6.45) is 1.25. The van der Waals surface area contributed by atoms with Crippen molar-refractivity contribution < 1.29 is 25.5 Å². The number of rotatable bonds is 1. The Balaban J connectivity index is 2.02. The first-order valence-corrected chi connectivity index (χ1v) is 9.06. The lowest BCUT2D eigenvalue weighted by atomic mass is 9.53.